The number of nitrogens with zero attached hydrogens (tertiary/aromatic N) is 2. The van der Waals surface area contributed by atoms with Crippen molar-refractivity contribution in [3.8, 4) is 22.4 Å². The SMILES string of the molecule is NC(=NCc1cnc(-c2ccc(Cl)cc2F)c(-c2ccc(Cl)cc2)c1)NSc1ccccc1. The van der Waals surface area contributed by atoms with Crippen LogP contribution in [0.4, 0.5) is 4.39 Å². The summed E-state index contributed by atoms with van der Waals surface area (Å²) in [5.74, 6) is -0.146. The third-order valence-corrected chi connectivity index (χ3v) is 6.04. The van der Waals surface area contributed by atoms with Crippen LogP contribution in [0.1, 0.15) is 5.56 Å². The van der Waals surface area contributed by atoms with E-state index in [2.05, 4.69) is 14.7 Å². The summed E-state index contributed by atoms with van der Waals surface area (Å²) in [6.45, 7) is 0.311. The lowest BCUT2D eigenvalue weighted by Gasteiger charge is -2.12. The number of hydrogen-bond acceptors (Lipinski definition) is 3. The molecule has 0 aliphatic carbocycles. The number of nitrogens with two attached hydrogens (primary N) is 1. The van der Waals surface area contributed by atoms with E-state index in [1.54, 1.807) is 30.5 Å². The van der Waals surface area contributed by atoms with Gasteiger partial charge in [-0.2, -0.15) is 0 Å². The molecule has 166 valence electrons. The maximum absolute atomic E-state index is 14.7. The lowest BCUT2D eigenvalue weighted by atomic mass is 9.97. The Kier molecular flexibility index (Phi) is 7.50. The summed E-state index contributed by atoms with van der Waals surface area (Å²) in [5, 5.41) is 0.938. The van der Waals surface area contributed by atoms with E-state index >= 15 is 0 Å². The van der Waals surface area contributed by atoms with E-state index in [-0.39, 0.29) is 0 Å². The molecule has 0 aliphatic rings. The Balaban J connectivity index is 1.62. The number of rotatable bonds is 6. The van der Waals surface area contributed by atoms with Gasteiger partial charge in [0.2, 0.25) is 0 Å². The molecule has 1 aromatic heterocycles. The molecular formula is C25H19Cl2FN4S. The number of aromatic nitrogens is 1. The molecule has 33 heavy (non-hydrogen) atoms. The monoisotopic (exact) mass is 496 g/mol. The molecule has 0 fully saturated rings. The summed E-state index contributed by atoms with van der Waals surface area (Å²) in [6.07, 6.45) is 1.67. The lowest BCUT2D eigenvalue weighted by molar-refractivity contribution is 0.631. The molecule has 0 atom stereocenters. The van der Waals surface area contributed by atoms with Crippen molar-refractivity contribution < 1.29 is 4.39 Å². The van der Waals surface area contributed by atoms with Crippen molar-refractivity contribution in [1.82, 2.24) is 9.71 Å². The standard InChI is InChI=1S/C25H19Cl2FN4S/c26-18-8-6-17(7-9-18)22-12-16(14-30-24(22)21-11-10-19(27)13-23(21)28)15-31-25(29)32-33-20-4-2-1-3-5-20/h1-14H,15H2,(H3,29,31,32). The predicted octanol–water partition coefficient (Wildman–Crippen LogP) is 6.97. The van der Waals surface area contributed by atoms with Gasteiger partial charge in [0.05, 0.1) is 12.2 Å². The molecular weight excluding hydrogens is 478 g/mol. The molecule has 8 heteroatoms. The normalized spacial score (nSPS) is 11.4. The molecule has 3 N–H and O–H groups in total. The Morgan fingerprint density at radius 3 is 2.39 bits per heavy atom. The fourth-order valence-corrected chi connectivity index (χ4v) is 4.01. The fourth-order valence-electron chi connectivity index (χ4n) is 3.15. The average molecular weight is 497 g/mol. The molecule has 0 saturated carbocycles. The summed E-state index contributed by atoms with van der Waals surface area (Å²) in [7, 11) is 0. The number of nitrogens with one attached hydrogen (secondary N) is 1. The third-order valence-electron chi connectivity index (χ3n) is 4.73. The van der Waals surface area contributed by atoms with Crippen LogP contribution < -0.4 is 10.5 Å². The zero-order valence-corrected chi connectivity index (χ0v) is 19.6. The second-order valence-corrected chi connectivity index (χ2v) is 8.84. The molecule has 0 bridgehead atoms. The molecule has 0 saturated heterocycles. The van der Waals surface area contributed by atoms with Crippen LogP contribution in [0.2, 0.25) is 10.0 Å². The Morgan fingerprint density at radius 1 is 0.939 bits per heavy atom. The molecule has 4 rings (SSSR count). The Bertz CT molecular complexity index is 1280. The first kappa shape index (κ1) is 23.1. The van der Waals surface area contributed by atoms with Crippen LogP contribution in [-0.4, -0.2) is 10.9 Å². The van der Waals surface area contributed by atoms with E-state index in [9.17, 15) is 4.39 Å². The van der Waals surface area contributed by atoms with Gasteiger partial charge in [0, 0.05) is 32.3 Å². The number of aliphatic imine (C=N–C) groups is 1. The van der Waals surface area contributed by atoms with E-state index in [0.717, 1.165) is 21.6 Å². The highest BCUT2D eigenvalue weighted by molar-refractivity contribution is 7.98. The second kappa shape index (κ2) is 10.7. The minimum atomic E-state index is -0.442. The highest BCUT2D eigenvalue weighted by Crippen LogP contribution is 2.34. The highest BCUT2D eigenvalue weighted by Gasteiger charge is 2.15. The maximum Gasteiger partial charge on any atom is 0.199 e. The van der Waals surface area contributed by atoms with Crippen molar-refractivity contribution in [2.45, 2.75) is 11.4 Å². The summed E-state index contributed by atoms with van der Waals surface area (Å²) >= 11 is 13.4. The first-order chi connectivity index (χ1) is 16.0. The second-order valence-electron chi connectivity index (χ2n) is 7.09. The zero-order chi connectivity index (χ0) is 23.2. The summed E-state index contributed by atoms with van der Waals surface area (Å²) < 4.78 is 17.7. The highest BCUT2D eigenvalue weighted by atomic mass is 35.5. The van der Waals surface area contributed by atoms with E-state index in [1.807, 2.05) is 48.5 Å². The molecule has 3 aromatic carbocycles. The van der Waals surface area contributed by atoms with E-state index in [0.29, 0.717) is 33.8 Å². The minimum Gasteiger partial charge on any atom is -0.369 e. The Hall–Kier alpha value is -3.06. The van der Waals surface area contributed by atoms with Gasteiger partial charge in [-0.1, -0.05) is 53.5 Å². The topological polar surface area (TPSA) is 63.3 Å². The quantitative estimate of drug-likeness (QED) is 0.172. The van der Waals surface area contributed by atoms with Crippen molar-refractivity contribution in [2.24, 2.45) is 10.7 Å². The largest absolute Gasteiger partial charge is 0.369 e. The molecule has 0 amide bonds. The number of hydrogen-bond donors (Lipinski definition) is 2. The predicted molar refractivity (Wildman–Crippen MR) is 136 cm³/mol. The van der Waals surface area contributed by atoms with Gasteiger partial charge in [0.1, 0.15) is 5.82 Å². The number of benzene rings is 3. The van der Waals surface area contributed by atoms with Crippen molar-refractivity contribution in [3.63, 3.8) is 0 Å². The number of guanidine groups is 1. The van der Waals surface area contributed by atoms with Crippen LogP contribution in [0.3, 0.4) is 0 Å². The third kappa shape index (κ3) is 6.05. The van der Waals surface area contributed by atoms with Crippen LogP contribution in [-0.2, 0) is 6.54 Å². The Labute approximate surface area is 205 Å². The van der Waals surface area contributed by atoms with Crippen molar-refractivity contribution in [1.29, 1.82) is 0 Å². The summed E-state index contributed by atoms with van der Waals surface area (Å²) in [6, 6.07) is 23.6. The van der Waals surface area contributed by atoms with Crippen molar-refractivity contribution in [3.05, 3.63) is 106 Å². The van der Waals surface area contributed by atoms with Gasteiger partial charge in [0.15, 0.2) is 5.96 Å². The molecule has 4 nitrogen and oxygen atoms in total. The van der Waals surface area contributed by atoms with Crippen molar-refractivity contribution in [2.75, 3.05) is 0 Å². The fraction of sp³-hybridized carbons (Fsp3) is 0.0400. The smallest absolute Gasteiger partial charge is 0.199 e. The molecule has 1 heterocycles. The molecule has 0 unspecified atom stereocenters. The first-order valence-corrected chi connectivity index (χ1v) is 11.5. The van der Waals surface area contributed by atoms with Crippen LogP contribution in [0.15, 0.2) is 94.9 Å². The van der Waals surface area contributed by atoms with Crippen LogP contribution in [0, 0.1) is 5.82 Å². The van der Waals surface area contributed by atoms with Gasteiger partial charge in [-0.25, -0.2) is 9.38 Å². The summed E-state index contributed by atoms with van der Waals surface area (Å²) in [4.78, 5) is 9.98. The summed E-state index contributed by atoms with van der Waals surface area (Å²) in [5.41, 5.74) is 9.31. The van der Waals surface area contributed by atoms with Gasteiger partial charge in [-0.3, -0.25) is 9.71 Å². The lowest BCUT2D eigenvalue weighted by Crippen LogP contribution is -2.25. The maximum atomic E-state index is 14.7. The van der Waals surface area contributed by atoms with Crippen LogP contribution >= 0.6 is 35.1 Å². The van der Waals surface area contributed by atoms with E-state index < -0.39 is 5.82 Å². The molecule has 0 aliphatic heterocycles. The van der Waals surface area contributed by atoms with Crippen molar-refractivity contribution >= 4 is 41.1 Å². The van der Waals surface area contributed by atoms with Gasteiger partial charge in [0.25, 0.3) is 0 Å². The van der Waals surface area contributed by atoms with Gasteiger partial charge < -0.3 is 5.73 Å². The first-order valence-electron chi connectivity index (χ1n) is 9.98. The van der Waals surface area contributed by atoms with E-state index in [4.69, 9.17) is 28.9 Å². The van der Waals surface area contributed by atoms with E-state index in [1.165, 1.54) is 18.0 Å². The Morgan fingerprint density at radius 2 is 1.67 bits per heavy atom. The minimum absolute atomic E-state index is 0.296. The zero-order valence-electron chi connectivity index (χ0n) is 17.3. The molecule has 4 aromatic rings. The number of pyridine rings is 1. The van der Waals surface area contributed by atoms with Crippen LogP contribution in [0.5, 0.6) is 0 Å². The van der Waals surface area contributed by atoms with Gasteiger partial charge in [-0.05, 0) is 71.6 Å². The molecule has 0 spiro atoms. The number of halogens is 3. The average Bonchev–Trinajstić information content (AvgIpc) is 2.83. The van der Waals surface area contributed by atoms with Gasteiger partial charge >= 0.3 is 0 Å². The van der Waals surface area contributed by atoms with Gasteiger partial charge in [-0.15, -0.1) is 0 Å². The van der Waals surface area contributed by atoms with Crippen LogP contribution in [0.25, 0.3) is 22.4 Å². The molecule has 0 radical (unpaired) electrons.